The summed E-state index contributed by atoms with van der Waals surface area (Å²) in [6.45, 7) is 2.31. The highest BCUT2D eigenvalue weighted by Crippen LogP contribution is 2.27. The predicted octanol–water partition coefficient (Wildman–Crippen LogP) is 1.21. The third-order valence-corrected chi connectivity index (χ3v) is 4.38. The summed E-state index contributed by atoms with van der Waals surface area (Å²) in [7, 11) is 0. The second-order valence-corrected chi connectivity index (χ2v) is 5.71. The zero-order valence-corrected chi connectivity index (χ0v) is 9.53. The summed E-state index contributed by atoms with van der Waals surface area (Å²) in [6, 6.07) is 0. The topological polar surface area (TPSA) is 63.8 Å². The number of nitrogens with zero attached hydrogens (tertiary/aromatic N) is 2. The molecule has 1 aliphatic heterocycles. The van der Waals surface area contributed by atoms with Gasteiger partial charge in [-0.15, -0.1) is 10.2 Å². The summed E-state index contributed by atoms with van der Waals surface area (Å²) >= 11 is 3.25. The second-order valence-electron chi connectivity index (χ2n) is 3.43. The Bertz CT molecular complexity index is 283. The molecule has 4 nitrogen and oxygen atoms in total. The van der Waals surface area contributed by atoms with Crippen LogP contribution in [0.15, 0.2) is 4.34 Å². The maximum absolute atomic E-state index is 5.51. The number of rotatable bonds is 3. The van der Waals surface area contributed by atoms with Crippen molar-refractivity contribution < 1.29 is 0 Å². The van der Waals surface area contributed by atoms with Crippen LogP contribution >= 0.6 is 23.1 Å². The van der Waals surface area contributed by atoms with Gasteiger partial charge in [-0.3, -0.25) is 0 Å². The van der Waals surface area contributed by atoms with E-state index >= 15 is 0 Å². The van der Waals surface area contributed by atoms with Crippen molar-refractivity contribution in [2.45, 2.75) is 17.2 Å². The Morgan fingerprint density at radius 3 is 3.14 bits per heavy atom. The average Bonchev–Trinajstić information content (AvgIpc) is 2.63. The molecule has 2 rings (SSSR count). The van der Waals surface area contributed by atoms with Gasteiger partial charge in [0.05, 0.1) is 0 Å². The fourth-order valence-electron chi connectivity index (χ4n) is 1.53. The van der Waals surface area contributed by atoms with Gasteiger partial charge >= 0.3 is 0 Å². The molecule has 2 heterocycles. The van der Waals surface area contributed by atoms with E-state index in [1.165, 1.54) is 30.7 Å². The predicted molar refractivity (Wildman–Crippen MR) is 60.6 cm³/mol. The summed E-state index contributed by atoms with van der Waals surface area (Å²) in [5, 5.41) is 11.7. The van der Waals surface area contributed by atoms with Crippen LogP contribution in [0.5, 0.6) is 0 Å². The molecule has 0 amide bonds. The van der Waals surface area contributed by atoms with Crippen LogP contribution in [0, 0.1) is 5.92 Å². The van der Waals surface area contributed by atoms with Crippen molar-refractivity contribution in [3.63, 3.8) is 0 Å². The Morgan fingerprint density at radius 2 is 2.50 bits per heavy atom. The Balaban J connectivity index is 1.76. The number of aromatic nitrogens is 2. The van der Waals surface area contributed by atoms with E-state index < -0.39 is 0 Å². The molecular weight excluding hydrogens is 216 g/mol. The highest BCUT2D eigenvalue weighted by atomic mass is 32.2. The SMILES string of the molecule is Nc1nnc(SCC2CCCNC2)s1. The van der Waals surface area contributed by atoms with E-state index in [2.05, 4.69) is 15.5 Å². The molecule has 1 aliphatic rings. The van der Waals surface area contributed by atoms with Gasteiger partial charge in [0, 0.05) is 5.75 Å². The van der Waals surface area contributed by atoms with Gasteiger partial charge in [0.25, 0.3) is 0 Å². The number of hydrogen-bond donors (Lipinski definition) is 2. The molecule has 0 aromatic carbocycles. The number of nitrogens with one attached hydrogen (secondary N) is 1. The van der Waals surface area contributed by atoms with Crippen molar-refractivity contribution in [2.24, 2.45) is 5.92 Å². The first-order valence-corrected chi connectivity index (χ1v) is 6.57. The van der Waals surface area contributed by atoms with Crippen LogP contribution in [0.3, 0.4) is 0 Å². The van der Waals surface area contributed by atoms with E-state index in [9.17, 15) is 0 Å². The molecule has 1 fully saturated rings. The summed E-state index contributed by atoms with van der Waals surface area (Å²) in [6.07, 6.45) is 2.62. The van der Waals surface area contributed by atoms with Gasteiger partial charge in [-0.05, 0) is 31.8 Å². The lowest BCUT2D eigenvalue weighted by molar-refractivity contribution is 0.410. The minimum absolute atomic E-state index is 0.564. The maximum atomic E-state index is 5.51. The molecule has 0 saturated carbocycles. The van der Waals surface area contributed by atoms with Crippen LogP contribution in [-0.2, 0) is 0 Å². The van der Waals surface area contributed by atoms with E-state index in [4.69, 9.17) is 5.73 Å². The van der Waals surface area contributed by atoms with Gasteiger partial charge in [-0.1, -0.05) is 23.1 Å². The lowest BCUT2D eigenvalue weighted by Crippen LogP contribution is -2.30. The fourth-order valence-corrected chi connectivity index (χ4v) is 3.33. The third kappa shape index (κ3) is 2.83. The van der Waals surface area contributed by atoms with Crippen molar-refractivity contribution in [2.75, 3.05) is 24.6 Å². The minimum atomic E-state index is 0.564. The van der Waals surface area contributed by atoms with Crippen LogP contribution < -0.4 is 11.1 Å². The fraction of sp³-hybridized carbons (Fsp3) is 0.750. The number of nitrogen functional groups attached to an aromatic ring is 1. The molecule has 78 valence electrons. The summed E-state index contributed by atoms with van der Waals surface area (Å²) < 4.78 is 0.994. The monoisotopic (exact) mass is 230 g/mol. The average molecular weight is 230 g/mol. The number of hydrogen-bond acceptors (Lipinski definition) is 6. The van der Waals surface area contributed by atoms with Gasteiger partial charge in [0.2, 0.25) is 5.13 Å². The number of piperidine rings is 1. The zero-order chi connectivity index (χ0) is 9.80. The molecule has 3 N–H and O–H groups in total. The zero-order valence-electron chi connectivity index (χ0n) is 7.90. The van der Waals surface area contributed by atoms with Crippen molar-refractivity contribution in [1.29, 1.82) is 0 Å². The smallest absolute Gasteiger partial charge is 0.203 e. The lowest BCUT2D eigenvalue weighted by Gasteiger charge is -2.21. The minimum Gasteiger partial charge on any atom is -0.374 e. The van der Waals surface area contributed by atoms with Gasteiger partial charge < -0.3 is 11.1 Å². The van der Waals surface area contributed by atoms with Crippen LogP contribution in [0.1, 0.15) is 12.8 Å². The van der Waals surface area contributed by atoms with Gasteiger partial charge in [-0.2, -0.15) is 0 Å². The molecule has 1 saturated heterocycles. The normalized spacial score (nSPS) is 22.4. The number of anilines is 1. The Morgan fingerprint density at radius 1 is 1.57 bits per heavy atom. The molecular formula is C8H14N4S2. The van der Waals surface area contributed by atoms with Crippen LogP contribution in [0.25, 0.3) is 0 Å². The molecule has 14 heavy (non-hydrogen) atoms. The van der Waals surface area contributed by atoms with Crippen LogP contribution in [0.4, 0.5) is 5.13 Å². The summed E-state index contributed by atoms with van der Waals surface area (Å²) in [4.78, 5) is 0. The Hall–Kier alpha value is -0.330. The van der Waals surface area contributed by atoms with E-state index in [1.807, 2.05) is 0 Å². The van der Waals surface area contributed by atoms with Crippen LogP contribution in [0.2, 0.25) is 0 Å². The van der Waals surface area contributed by atoms with E-state index in [0.717, 1.165) is 22.6 Å². The molecule has 1 aromatic heterocycles. The van der Waals surface area contributed by atoms with Crippen molar-refractivity contribution in [1.82, 2.24) is 15.5 Å². The largest absolute Gasteiger partial charge is 0.374 e. The second kappa shape index (κ2) is 4.95. The Labute approximate surface area is 91.7 Å². The molecule has 0 bridgehead atoms. The van der Waals surface area contributed by atoms with Gasteiger partial charge in [0.15, 0.2) is 4.34 Å². The molecule has 1 unspecified atom stereocenters. The Kier molecular flexibility index (Phi) is 3.61. The van der Waals surface area contributed by atoms with Gasteiger partial charge in [-0.25, -0.2) is 0 Å². The molecule has 0 spiro atoms. The van der Waals surface area contributed by atoms with Gasteiger partial charge in [0.1, 0.15) is 0 Å². The first-order chi connectivity index (χ1) is 6.84. The molecule has 6 heteroatoms. The van der Waals surface area contributed by atoms with Crippen molar-refractivity contribution in [3.8, 4) is 0 Å². The number of thioether (sulfide) groups is 1. The van der Waals surface area contributed by atoms with E-state index in [-0.39, 0.29) is 0 Å². The highest BCUT2D eigenvalue weighted by molar-refractivity contribution is 8.01. The van der Waals surface area contributed by atoms with E-state index in [0.29, 0.717) is 5.13 Å². The molecule has 1 aromatic rings. The van der Waals surface area contributed by atoms with Crippen molar-refractivity contribution >= 4 is 28.2 Å². The quantitative estimate of drug-likeness (QED) is 0.764. The molecule has 0 aliphatic carbocycles. The lowest BCUT2D eigenvalue weighted by atomic mass is 10.0. The maximum Gasteiger partial charge on any atom is 0.203 e. The van der Waals surface area contributed by atoms with Crippen molar-refractivity contribution in [3.05, 3.63) is 0 Å². The first-order valence-electron chi connectivity index (χ1n) is 4.77. The summed E-state index contributed by atoms with van der Waals surface area (Å²) in [5.74, 6) is 1.90. The number of nitrogens with two attached hydrogens (primary N) is 1. The third-order valence-electron chi connectivity index (χ3n) is 2.26. The molecule has 1 atom stereocenters. The van der Waals surface area contributed by atoms with Crippen LogP contribution in [-0.4, -0.2) is 29.0 Å². The standard InChI is InChI=1S/C8H14N4S2/c9-7-11-12-8(14-7)13-5-6-2-1-3-10-4-6/h6,10H,1-5H2,(H2,9,11). The first kappa shape index (κ1) is 10.2. The van der Waals surface area contributed by atoms with E-state index in [1.54, 1.807) is 11.8 Å². The highest BCUT2D eigenvalue weighted by Gasteiger charge is 2.14. The summed E-state index contributed by atoms with van der Waals surface area (Å²) in [5.41, 5.74) is 5.51. The molecule has 0 radical (unpaired) electrons.